The summed E-state index contributed by atoms with van der Waals surface area (Å²) in [5.41, 5.74) is 4.89. The van der Waals surface area contributed by atoms with Crippen molar-refractivity contribution in [2.45, 2.75) is 30.8 Å². The minimum Gasteiger partial charge on any atom is -0.493 e. The molecule has 2 atom stereocenters. The highest BCUT2D eigenvalue weighted by molar-refractivity contribution is 6.13. The molecule has 166 valence electrons. The van der Waals surface area contributed by atoms with E-state index in [1.54, 1.807) is 12.4 Å². The summed E-state index contributed by atoms with van der Waals surface area (Å²) >= 11 is 0. The number of rotatable bonds is 3. The van der Waals surface area contributed by atoms with Gasteiger partial charge in [-0.25, -0.2) is 9.97 Å². The highest BCUT2D eigenvalue weighted by Gasteiger charge is 2.58. The van der Waals surface area contributed by atoms with E-state index in [9.17, 15) is 4.79 Å². The van der Waals surface area contributed by atoms with Crippen molar-refractivity contribution in [3.63, 3.8) is 0 Å². The zero-order valence-corrected chi connectivity index (χ0v) is 18.1. The number of aromatic nitrogens is 2. The van der Waals surface area contributed by atoms with Gasteiger partial charge >= 0.3 is 0 Å². The fourth-order valence-corrected chi connectivity index (χ4v) is 5.82. The molecule has 3 aromatic rings. The molecule has 0 aliphatic carbocycles. The van der Waals surface area contributed by atoms with Crippen molar-refractivity contribution < 1.29 is 19.0 Å². The summed E-state index contributed by atoms with van der Waals surface area (Å²) in [5, 5.41) is 0. The molecule has 7 rings (SSSR count). The number of ether oxygens (including phenoxy) is 3. The Labute approximate surface area is 191 Å². The zero-order valence-electron chi connectivity index (χ0n) is 18.1. The summed E-state index contributed by atoms with van der Waals surface area (Å²) < 4.78 is 17.9. The third-order valence-electron chi connectivity index (χ3n) is 7.35. The van der Waals surface area contributed by atoms with Crippen molar-refractivity contribution in [3.8, 4) is 22.6 Å². The van der Waals surface area contributed by atoms with Gasteiger partial charge in [-0.15, -0.1) is 0 Å². The first-order chi connectivity index (χ1) is 16.3. The van der Waals surface area contributed by atoms with E-state index < -0.39 is 5.41 Å². The number of benzene rings is 2. The Morgan fingerprint density at radius 1 is 1.09 bits per heavy atom. The van der Waals surface area contributed by atoms with Crippen LogP contribution in [0.15, 0.2) is 49.1 Å². The summed E-state index contributed by atoms with van der Waals surface area (Å²) in [6, 6.07) is 10.2. The van der Waals surface area contributed by atoms with Crippen molar-refractivity contribution in [1.29, 1.82) is 0 Å². The molecule has 0 bridgehead atoms. The molecule has 1 unspecified atom stereocenters. The average Bonchev–Trinajstić information content (AvgIpc) is 3.64. The van der Waals surface area contributed by atoms with Crippen LogP contribution in [-0.2, 0) is 21.4 Å². The van der Waals surface area contributed by atoms with E-state index in [-0.39, 0.29) is 18.6 Å². The third-order valence-corrected chi connectivity index (χ3v) is 7.35. The average molecular weight is 441 g/mol. The fourth-order valence-electron chi connectivity index (χ4n) is 5.82. The molecule has 0 radical (unpaired) electrons. The Bertz CT molecular complexity index is 1270. The Morgan fingerprint density at radius 3 is 2.85 bits per heavy atom. The summed E-state index contributed by atoms with van der Waals surface area (Å²) in [5.74, 6) is 1.64. The van der Waals surface area contributed by atoms with Gasteiger partial charge in [0.25, 0.3) is 0 Å². The minimum absolute atomic E-state index is 0.0508. The van der Waals surface area contributed by atoms with Crippen molar-refractivity contribution in [2.24, 2.45) is 0 Å². The monoisotopic (exact) mass is 441 g/mol. The second-order valence-corrected chi connectivity index (χ2v) is 9.13. The van der Waals surface area contributed by atoms with Gasteiger partial charge in [0, 0.05) is 53.9 Å². The number of carbonyl (C=O) groups is 1. The SMILES string of the molecule is O=C1N(C[C@H]2CCCO2)c2cccc(-c3cncnc3)c2C12COc1cc3c(cc12)CCO3. The van der Waals surface area contributed by atoms with E-state index in [4.69, 9.17) is 14.2 Å². The van der Waals surface area contributed by atoms with Crippen LogP contribution in [0.3, 0.4) is 0 Å². The lowest BCUT2D eigenvalue weighted by Crippen LogP contribution is -2.45. The molecule has 1 fully saturated rings. The maximum Gasteiger partial charge on any atom is 0.245 e. The van der Waals surface area contributed by atoms with Gasteiger partial charge in [-0.3, -0.25) is 4.79 Å². The predicted octanol–water partition coefficient (Wildman–Crippen LogP) is 3.28. The molecule has 1 saturated heterocycles. The van der Waals surface area contributed by atoms with Crippen LogP contribution in [0.25, 0.3) is 11.1 Å². The van der Waals surface area contributed by atoms with Crippen LogP contribution in [0.5, 0.6) is 11.5 Å². The van der Waals surface area contributed by atoms with E-state index in [0.29, 0.717) is 13.2 Å². The number of carbonyl (C=O) groups excluding carboxylic acids is 1. The van der Waals surface area contributed by atoms with Gasteiger partial charge in [-0.05, 0) is 36.1 Å². The molecule has 4 aliphatic heterocycles. The summed E-state index contributed by atoms with van der Waals surface area (Å²) in [4.78, 5) is 24.7. The first-order valence-corrected chi connectivity index (χ1v) is 11.5. The Balaban J connectivity index is 1.46. The van der Waals surface area contributed by atoms with Gasteiger partial charge in [0.2, 0.25) is 5.91 Å². The lowest BCUT2D eigenvalue weighted by Gasteiger charge is -2.25. The fraction of sp³-hybridized carbons (Fsp3) is 0.346. The maximum absolute atomic E-state index is 14.3. The maximum atomic E-state index is 14.3. The van der Waals surface area contributed by atoms with E-state index in [0.717, 1.165) is 70.9 Å². The van der Waals surface area contributed by atoms with Crippen molar-refractivity contribution >= 4 is 11.6 Å². The second-order valence-electron chi connectivity index (χ2n) is 9.13. The topological polar surface area (TPSA) is 73.8 Å². The predicted molar refractivity (Wildman–Crippen MR) is 121 cm³/mol. The number of hydrogen-bond donors (Lipinski definition) is 0. The molecule has 1 aromatic heterocycles. The highest BCUT2D eigenvalue weighted by atomic mass is 16.5. The number of amides is 1. The van der Waals surface area contributed by atoms with Crippen LogP contribution < -0.4 is 14.4 Å². The smallest absolute Gasteiger partial charge is 0.245 e. The number of nitrogens with zero attached hydrogens (tertiary/aromatic N) is 3. The Morgan fingerprint density at radius 2 is 2.00 bits per heavy atom. The molecule has 2 aromatic carbocycles. The van der Waals surface area contributed by atoms with Gasteiger partial charge in [-0.2, -0.15) is 0 Å². The molecular formula is C26H23N3O4. The molecule has 4 aliphatic rings. The molecule has 1 amide bonds. The quantitative estimate of drug-likeness (QED) is 0.621. The van der Waals surface area contributed by atoms with Gasteiger partial charge in [0.1, 0.15) is 29.8 Å². The molecule has 0 N–H and O–H groups in total. The number of anilines is 1. The summed E-state index contributed by atoms with van der Waals surface area (Å²) in [7, 11) is 0. The Hall–Kier alpha value is -3.45. The zero-order chi connectivity index (χ0) is 22.0. The van der Waals surface area contributed by atoms with Gasteiger partial charge in [0.05, 0.1) is 19.3 Å². The van der Waals surface area contributed by atoms with Crippen LogP contribution >= 0.6 is 0 Å². The highest BCUT2D eigenvalue weighted by Crippen LogP contribution is 2.56. The van der Waals surface area contributed by atoms with Gasteiger partial charge < -0.3 is 19.1 Å². The van der Waals surface area contributed by atoms with Crippen LogP contribution in [-0.4, -0.2) is 48.3 Å². The molecule has 33 heavy (non-hydrogen) atoms. The first-order valence-electron chi connectivity index (χ1n) is 11.5. The van der Waals surface area contributed by atoms with Crippen LogP contribution in [0.1, 0.15) is 29.5 Å². The van der Waals surface area contributed by atoms with Crippen LogP contribution in [0.4, 0.5) is 5.69 Å². The summed E-state index contributed by atoms with van der Waals surface area (Å²) in [6.07, 6.45) is 8.02. The van der Waals surface area contributed by atoms with E-state index >= 15 is 0 Å². The van der Waals surface area contributed by atoms with Crippen LogP contribution in [0.2, 0.25) is 0 Å². The molecule has 7 nitrogen and oxygen atoms in total. The van der Waals surface area contributed by atoms with Gasteiger partial charge in [0.15, 0.2) is 0 Å². The third kappa shape index (κ3) is 2.63. The van der Waals surface area contributed by atoms with E-state index in [1.165, 1.54) is 6.33 Å². The van der Waals surface area contributed by atoms with Gasteiger partial charge in [-0.1, -0.05) is 12.1 Å². The molecular weight excluding hydrogens is 418 g/mol. The second kappa shape index (κ2) is 7.02. The standard InChI is InChI=1S/C26H23N3O4/c30-25-26(14-33-23-10-22-16(6-8-32-22)9-20(23)26)24-19(17-11-27-15-28-12-17)4-1-5-21(24)29(25)13-18-3-2-7-31-18/h1,4-5,9-12,15,18H,2-3,6-8,13-14H2/t18-,26?/m1/s1. The largest absolute Gasteiger partial charge is 0.493 e. The molecule has 0 saturated carbocycles. The normalized spacial score (nSPS) is 24.5. The lowest BCUT2D eigenvalue weighted by molar-refractivity contribution is -0.122. The summed E-state index contributed by atoms with van der Waals surface area (Å²) in [6.45, 7) is 2.23. The Kier molecular flexibility index (Phi) is 4.06. The molecule has 7 heteroatoms. The molecule has 5 heterocycles. The van der Waals surface area contributed by atoms with Crippen molar-refractivity contribution in [3.05, 3.63) is 65.7 Å². The first kappa shape index (κ1) is 19.1. The lowest BCUT2D eigenvalue weighted by atomic mass is 9.74. The number of fused-ring (bicyclic) bond motifs is 5. The van der Waals surface area contributed by atoms with Crippen molar-refractivity contribution in [2.75, 3.05) is 31.3 Å². The van der Waals surface area contributed by atoms with E-state index in [2.05, 4.69) is 22.1 Å². The minimum atomic E-state index is -0.909. The number of hydrogen-bond acceptors (Lipinski definition) is 6. The van der Waals surface area contributed by atoms with Crippen LogP contribution in [0, 0.1) is 0 Å². The van der Waals surface area contributed by atoms with E-state index in [1.807, 2.05) is 23.1 Å². The van der Waals surface area contributed by atoms with Crippen molar-refractivity contribution in [1.82, 2.24) is 9.97 Å². The molecule has 1 spiro atoms.